The highest BCUT2D eigenvalue weighted by atomic mass is 35.5. The van der Waals surface area contributed by atoms with Gasteiger partial charge in [0.05, 0.1) is 6.61 Å². The van der Waals surface area contributed by atoms with Crippen molar-refractivity contribution in [2.45, 2.75) is 26.3 Å². The Labute approximate surface area is 156 Å². The van der Waals surface area contributed by atoms with Crippen LogP contribution in [0.4, 0.5) is 5.69 Å². The highest BCUT2D eigenvalue weighted by Gasteiger charge is 2.17. The first-order chi connectivity index (χ1) is 12.2. The smallest absolute Gasteiger partial charge is 0.119 e. The summed E-state index contributed by atoms with van der Waals surface area (Å²) in [7, 11) is 0. The molecule has 1 heterocycles. The van der Waals surface area contributed by atoms with E-state index in [0.717, 1.165) is 56.5 Å². The molecule has 3 rings (SSSR count). The van der Waals surface area contributed by atoms with Gasteiger partial charge in [-0.2, -0.15) is 0 Å². The first-order valence-electron chi connectivity index (χ1n) is 9.19. The number of nitrogens with zero attached hydrogens (tertiary/aromatic N) is 2. The molecule has 0 aliphatic carbocycles. The van der Waals surface area contributed by atoms with Crippen molar-refractivity contribution in [3.05, 3.63) is 59.1 Å². The minimum Gasteiger partial charge on any atom is -0.494 e. The van der Waals surface area contributed by atoms with Gasteiger partial charge in [0, 0.05) is 43.4 Å². The van der Waals surface area contributed by atoms with Crippen molar-refractivity contribution in [2.75, 3.05) is 37.7 Å². The van der Waals surface area contributed by atoms with E-state index in [1.165, 1.54) is 17.7 Å². The third kappa shape index (κ3) is 5.38. The van der Waals surface area contributed by atoms with Gasteiger partial charge in [0.2, 0.25) is 0 Å². The fourth-order valence-electron chi connectivity index (χ4n) is 3.10. The zero-order valence-electron chi connectivity index (χ0n) is 15.0. The van der Waals surface area contributed by atoms with Gasteiger partial charge >= 0.3 is 0 Å². The number of anilines is 1. The third-order valence-corrected chi connectivity index (χ3v) is 4.91. The molecule has 25 heavy (non-hydrogen) atoms. The monoisotopic (exact) mass is 358 g/mol. The van der Waals surface area contributed by atoms with Gasteiger partial charge in [-0.15, -0.1) is 0 Å². The highest BCUT2D eigenvalue weighted by Crippen LogP contribution is 2.20. The summed E-state index contributed by atoms with van der Waals surface area (Å²) in [6.45, 7) is 8.26. The van der Waals surface area contributed by atoms with E-state index in [9.17, 15) is 0 Å². The van der Waals surface area contributed by atoms with Crippen LogP contribution >= 0.6 is 11.6 Å². The van der Waals surface area contributed by atoms with E-state index in [-0.39, 0.29) is 0 Å². The molecule has 1 fully saturated rings. The molecule has 0 spiro atoms. The van der Waals surface area contributed by atoms with Gasteiger partial charge in [-0.05, 0) is 48.4 Å². The summed E-state index contributed by atoms with van der Waals surface area (Å²) in [4.78, 5) is 4.94. The Bertz CT molecular complexity index is 634. The molecule has 134 valence electrons. The first kappa shape index (κ1) is 18.1. The van der Waals surface area contributed by atoms with Crippen LogP contribution in [0.15, 0.2) is 48.5 Å². The quantitative estimate of drug-likeness (QED) is 0.658. The molecule has 0 radical (unpaired) electrons. The van der Waals surface area contributed by atoms with Crippen molar-refractivity contribution in [3.63, 3.8) is 0 Å². The number of rotatable bonds is 7. The van der Waals surface area contributed by atoms with Crippen LogP contribution in [0.25, 0.3) is 0 Å². The molecule has 4 heteroatoms. The van der Waals surface area contributed by atoms with E-state index >= 15 is 0 Å². The van der Waals surface area contributed by atoms with Crippen molar-refractivity contribution in [1.29, 1.82) is 0 Å². The van der Waals surface area contributed by atoms with Gasteiger partial charge in [0.15, 0.2) is 0 Å². The second kappa shape index (κ2) is 9.12. The zero-order chi connectivity index (χ0) is 17.5. The molecule has 0 bridgehead atoms. The minimum atomic E-state index is 0.796. The third-order valence-electron chi connectivity index (χ3n) is 4.66. The number of ether oxygens (including phenoxy) is 1. The molecule has 0 aromatic heterocycles. The summed E-state index contributed by atoms with van der Waals surface area (Å²) in [6, 6.07) is 16.7. The van der Waals surface area contributed by atoms with Crippen LogP contribution in [-0.4, -0.2) is 37.7 Å². The van der Waals surface area contributed by atoms with Gasteiger partial charge in [-0.25, -0.2) is 0 Å². The molecule has 1 aliphatic heterocycles. The van der Waals surface area contributed by atoms with Crippen molar-refractivity contribution in [3.8, 4) is 5.75 Å². The Morgan fingerprint density at radius 3 is 2.24 bits per heavy atom. The summed E-state index contributed by atoms with van der Waals surface area (Å²) in [5.41, 5.74) is 2.61. The van der Waals surface area contributed by atoms with Crippen LogP contribution in [0.3, 0.4) is 0 Å². The summed E-state index contributed by atoms with van der Waals surface area (Å²) in [6.07, 6.45) is 2.28. The molecule has 2 aromatic rings. The average Bonchev–Trinajstić information content (AvgIpc) is 2.65. The number of benzene rings is 2. The van der Waals surface area contributed by atoms with E-state index in [1.54, 1.807) is 0 Å². The van der Waals surface area contributed by atoms with Crippen LogP contribution in [0.2, 0.25) is 5.02 Å². The number of halogens is 1. The lowest BCUT2D eigenvalue weighted by molar-refractivity contribution is 0.249. The number of hydrogen-bond donors (Lipinski definition) is 0. The summed E-state index contributed by atoms with van der Waals surface area (Å²) >= 11 is 5.97. The second-order valence-electron chi connectivity index (χ2n) is 6.59. The van der Waals surface area contributed by atoms with Crippen LogP contribution in [-0.2, 0) is 6.54 Å². The van der Waals surface area contributed by atoms with Gasteiger partial charge < -0.3 is 9.64 Å². The van der Waals surface area contributed by atoms with Gasteiger partial charge in [0.1, 0.15) is 5.75 Å². The Hall–Kier alpha value is -1.71. The molecule has 0 amide bonds. The van der Waals surface area contributed by atoms with Crippen LogP contribution in [0.1, 0.15) is 25.3 Å². The topological polar surface area (TPSA) is 15.7 Å². The van der Waals surface area contributed by atoms with Crippen LogP contribution in [0.5, 0.6) is 5.75 Å². The van der Waals surface area contributed by atoms with Gasteiger partial charge in [-0.1, -0.05) is 37.1 Å². The summed E-state index contributed by atoms with van der Waals surface area (Å²) in [5.74, 6) is 0.977. The molecule has 0 unspecified atom stereocenters. The predicted molar refractivity (Wildman–Crippen MR) is 106 cm³/mol. The van der Waals surface area contributed by atoms with Crippen LogP contribution in [0, 0.1) is 0 Å². The largest absolute Gasteiger partial charge is 0.494 e. The lowest BCUT2D eigenvalue weighted by atomic mass is 10.2. The predicted octanol–water partition coefficient (Wildman–Crippen LogP) is 4.84. The van der Waals surface area contributed by atoms with E-state index in [2.05, 4.69) is 53.1 Å². The maximum atomic E-state index is 5.97. The molecule has 3 nitrogen and oxygen atoms in total. The molecule has 0 N–H and O–H groups in total. The number of hydrogen-bond acceptors (Lipinski definition) is 3. The van der Waals surface area contributed by atoms with Crippen molar-refractivity contribution in [1.82, 2.24) is 4.90 Å². The summed E-state index contributed by atoms with van der Waals surface area (Å²) < 4.78 is 5.73. The maximum absolute atomic E-state index is 5.97. The molecular weight excluding hydrogens is 332 g/mol. The highest BCUT2D eigenvalue weighted by molar-refractivity contribution is 6.30. The molecule has 1 saturated heterocycles. The van der Waals surface area contributed by atoms with Crippen molar-refractivity contribution in [2.24, 2.45) is 0 Å². The van der Waals surface area contributed by atoms with E-state index in [4.69, 9.17) is 16.3 Å². The Balaban J connectivity index is 1.46. The molecule has 1 aliphatic rings. The fourth-order valence-corrected chi connectivity index (χ4v) is 3.23. The normalized spacial score (nSPS) is 15.4. The van der Waals surface area contributed by atoms with Crippen LogP contribution < -0.4 is 9.64 Å². The lowest BCUT2D eigenvalue weighted by Crippen LogP contribution is -2.45. The molecule has 0 saturated carbocycles. The lowest BCUT2D eigenvalue weighted by Gasteiger charge is -2.36. The van der Waals surface area contributed by atoms with Gasteiger partial charge in [-0.3, -0.25) is 4.90 Å². The minimum absolute atomic E-state index is 0.796. The second-order valence-corrected chi connectivity index (χ2v) is 7.02. The molecule has 2 aromatic carbocycles. The Kier molecular flexibility index (Phi) is 6.60. The Morgan fingerprint density at radius 1 is 0.920 bits per heavy atom. The van der Waals surface area contributed by atoms with E-state index in [0.29, 0.717) is 0 Å². The number of unbranched alkanes of at least 4 members (excludes halogenated alkanes) is 1. The number of piperazine rings is 1. The molecule has 0 atom stereocenters. The first-order valence-corrected chi connectivity index (χ1v) is 9.57. The van der Waals surface area contributed by atoms with Crippen molar-refractivity contribution < 1.29 is 4.74 Å². The van der Waals surface area contributed by atoms with Gasteiger partial charge in [0.25, 0.3) is 0 Å². The zero-order valence-corrected chi connectivity index (χ0v) is 15.7. The van der Waals surface area contributed by atoms with E-state index < -0.39 is 0 Å². The Morgan fingerprint density at radius 2 is 1.60 bits per heavy atom. The standard InChI is InChI=1S/C21H27ClN2O/c1-2-3-16-25-21-10-4-18(5-11-21)17-23-12-14-24(15-13-23)20-8-6-19(22)7-9-20/h4-11H,2-3,12-17H2,1H3. The van der Waals surface area contributed by atoms with E-state index in [1.807, 2.05) is 12.1 Å². The fraction of sp³-hybridized carbons (Fsp3) is 0.429. The average molecular weight is 359 g/mol. The summed E-state index contributed by atoms with van der Waals surface area (Å²) in [5, 5.41) is 0.796. The van der Waals surface area contributed by atoms with Crippen molar-refractivity contribution >= 4 is 17.3 Å². The molecular formula is C21H27ClN2O. The SMILES string of the molecule is CCCCOc1ccc(CN2CCN(c3ccc(Cl)cc3)CC2)cc1. The maximum Gasteiger partial charge on any atom is 0.119 e.